The predicted molar refractivity (Wildman–Crippen MR) is 173 cm³/mol. The Kier molecular flexibility index (Phi) is 15.5. The first-order valence-electron chi connectivity index (χ1n) is 15.4. The van der Waals surface area contributed by atoms with Crippen molar-refractivity contribution in [3.8, 4) is 5.75 Å². The molecule has 40 heavy (non-hydrogen) atoms. The van der Waals surface area contributed by atoms with Gasteiger partial charge in [-0.25, -0.2) is 0 Å². The number of ether oxygens (including phenoxy) is 1. The fraction of sp³-hybridized carbons (Fsp3) is 0.559. The summed E-state index contributed by atoms with van der Waals surface area (Å²) in [5, 5.41) is 2.77. The third kappa shape index (κ3) is 12.2. The first-order chi connectivity index (χ1) is 19.6. The minimum atomic E-state index is 0.0454. The molecule has 0 spiro atoms. The Morgan fingerprint density at radius 3 is 2.12 bits per heavy atom. The van der Waals surface area contributed by atoms with Crippen LogP contribution in [0.2, 0.25) is 5.02 Å². The zero-order chi connectivity index (χ0) is 28.4. The van der Waals surface area contributed by atoms with Gasteiger partial charge in [-0.15, -0.1) is 11.8 Å². The molecule has 0 fully saturated rings. The molecule has 6 heteroatoms. The van der Waals surface area contributed by atoms with E-state index in [2.05, 4.69) is 47.7 Å². The van der Waals surface area contributed by atoms with E-state index in [9.17, 15) is 4.79 Å². The summed E-state index contributed by atoms with van der Waals surface area (Å²) < 4.78 is 6.05. The number of rotatable bonds is 20. The summed E-state index contributed by atoms with van der Waals surface area (Å²) in [5.74, 6) is 1.78. The first-order valence-corrected chi connectivity index (χ1v) is 16.8. The molecule has 1 aliphatic heterocycles. The summed E-state index contributed by atoms with van der Waals surface area (Å²) in [6.45, 7) is 6.09. The van der Waals surface area contributed by atoms with Crippen molar-refractivity contribution in [3.05, 3.63) is 70.2 Å². The smallest absolute Gasteiger partial charge is 0.223 e. The van der Waals surface area contributed by atoms with Crippen molar-refractivity contribution in [2.24, 2.45) is 0 Å². The van der Waals surface area contributed by atoms with Gasteiger partial charge in [0.2, 0.25) is 5.91 Å². The molecule has 0 bridgehead atoms. The standard InChI is InChI=1S/C34H49ClN2O2S/c1-3-4-5-6-7-8-9-10-11-12-13-14-24-39-34-26-30(17-20-33(34)35)21-22-37(29(2)38)32-18-15-31(16-19-32)27-36-23-25-40-28-36/h15-20,23,25-26H,3-14,21-22,24,27-28H2,1-2H3. The number of thioether (sulfide) groups is 1. The Morgan fingerprint density at radius 1 is 0.900 bits per heavy atom. The SMILES string of the molecule is CCCCCCCCCCCCCCOc1cc(CCN(C(C)=O)c2ccc(CN3C=CSC3)cc2)ccc1Cl. The summed E-state index contributed by atoms with van der Waals surface area (Å²) in [7, 11) is 0. The van der Waals surface area contributed by atoms with Gasteiger partial charge in [-0.3, -0.25) is 4.79 Å². The summed E-state index contributed by atoms with van der Waals surface area (Å²) >= 11 is 8.24. The van der Waals surface area contributed by atoms with Crippen molar-refractivity contribution in [3.63, 3.8) is 0 Å². The van der Waals surface area contributed by atoms with Crippen LogP contribution in [0.4, 0.5) is 5.69 Å². The number of halogens is 1. The molecule has 1 heterocycles. The third-order valence-corrected chi connectivity index (χ3v) is 8.60. The number of amides is 1. The molecule has 0 aliphatic carbocycles. The quantitative estimate of drug-likeness (QED) is 0.145. The number of carbonyl (C=O) groups excluding carboxylic acids is 1. The van der Waals surface area contributed by atoms with Crippen LogP contribution in [0.15, 0.2) is 54.1 Å². The Balaban J connectivity index is 1.35. The van der Waals surface area contributed by atoms with Gasteiger partial charge in [-0.1, -0.05) is 107 Å². The van der Waals surface area contributed by atoms with Crippen molar-refractivity contribution >= 4 is 35.0 Å². The van der Waals surface area contributed by atoms with Crippen molar-refractivity contribution < 1.29 is 9.53 Å². The number of carbonyl (C=O) groups is 1. The van der Waals surface area contributed by atoms with E-state index >= 15 is 0 Å². The van der Waals surface area contributed by atoms with E-state index in [-0.39, 0.29) is 5.91 Å². The lowest BCUT2D eigenvalue weighted by atomic mass is 10.1. The zero-order valence-corrected chi connectivity index (χ0v) is 26.3. The number of nitrogens with zero attached hydrogens (tertiary/aromatic N) is 2. The normalized spacial score (nSPS) is 12.7. The van der Waals surface area contributed by atoms with Crippen LogP contribution in [-0.4, -0.2) is 29.8 Å². The maximum atomic E-state index is 12.5. The van der Waals surface area contributed by atoms with Crippen molar-refractivity contribution in [1.82, 2.24) is 4.90 Å². The molecule has 2 aromatic rings. The fourth-order valence-electron chi connectivity index (χ4n) is 5.07. The van der Waals surface area contributed by atoms with Gasteiger partial charge in [-0.05, 0) is 53.6 Å². The Morgan fingerprint density at radius 2 is 1.52 bits per heavy atom. The average Bonchev–Trinajstić information content (AvgIpc) is 3.46. The maximum absolute atomic E-state index is 12.5. The van der Waals surface area contributed by atoms with Gasteiger partial charge < -0.3 is 14.5 Å². The predicted octanol–water partition coefficient (Wildman–Crippen LogP) is 9.99. The molecule has 1 amide bonds. The number of hydrogen-bond acceptors (Lipinski definition) is 4. The zero-order valence-electron chi connectivity index (χ0n) is 24.7. The highest BCUT2D eigenvalue weighted by atomic mass is 35.5. The monoisotopic (exact) mass is 584 g/mol. The number of anilines is 1. The van der Waals surface area contributed by atoms with Crippen LogP contribution in [0.3, 0.4) is 0 Å². The second-order valence-corrected chi connectivity index (χ2v) is 12.2. The van der Waals surface area contributed by atoms with Crippen LogP contribution >= 0.6 is 23.4 Å². The molecule has 0 saturated heterocycles. The second-order valence-electron chi connectivity index (χ2n) is 10.9. The molecule has 220 valence electrons. The Hall–Kier alpha value is -2.11. The largest absolute Gasteiger partial charge is 0.492 e. The molecule has 0 aromatic heterocycles. The molecule has 0 radical (unpaired) electrons. The summed E-state index contributed by atoms with van der Waals surface area (Å²) in [4.78, 5) is 16.6. The molecule has 3 rings (SSSR count). The highest BCUT2D eigenvalue weighted by molar-refractivity contribution is 8.02. The third-order valence-electron chi connectivity index (χ3n) is 7.50. The van der Waals surface area contributed by atoms with Crippen LogP contribution in [0.1, 0.15) is 102 Å². The lowest BCUT2D eigenvalue weighted by Gasteiger charge is -2.22. The van der Waals surface area contributed by atoms with Gasteiger partial charge >= 0.3 is 0 Å². The van der Waals surface area contributed by atoms with E-state index < -0.39 is 0 Å². The van der Waals surface area contributed by atoms with E-state index in [4.69, 9.17) is 16.3 Å². The van der Waals surface area contributed by atoms with Crippen LogP contribution < -0.4 is 9.64 Å². The Labute approximate surface area is 252 Å². The van der Waals surface area contributed by atoms with Crippen LogP contribution in [0.5, 0.6) is 5.75 Å². The van der Waals surface area contributed by atoms with E-state index in [1.165, 1.54) is 76.2 Å². The average molecular weight is 585 g/mol. The summed E-state index contributed by atoms with van der Waals surface area (Å²) in [5.41, 5.74) is 3.29. The molecule has 0 atom stereocenters. The number of hydrogen-bond donors (Lipinski definition) is 0. The number of unbranched alkanes of at least 4 members (excludes halogenated alkanes) is 11. The molecule has 4 nitrogen and oxygen atoms in total. The molecule has 0 N–H and O–H groups in total. The first kappa shape index (κ1) is 32.4. The van der Waals surface area contributed by atoms with Gasteiger partial charge in [0.15, 0.2) is 0 Å². The van der Waals surface area contributed by atoms with Crippen LogP contribution in [0, 0.1) is 0 Å². The lowest BCUT2D eigenvalue weighted by Crippen LogP contribution is -2.30. The summed E-state index contributed by atoms with van der Waals surface area (Å²) in [6, 6.07) is 14.3. The van der Waals surface area contributed by atoms with E-state index in [1.54, 1.807) is 18.7 Å². The van der Waals surface area contributed by atoms with Gasteiger partial charge in [0.1, 0.15) is 5.75 Å². The highest BCUT2D eigenvalue weighted by Gasteiger charge is 2.13. The van der Waals surface area contributed by atoms with E-state index in [0.29, 0.717) is 18.2 Å². The molecule has 0 saturated carbocycles. The van der Waals surface area contributed by atoms with Crippen LogP contribution in [-0.2, 0) is 17.8 Å². The van der Waals surface area contributed by atoms with Gasteiger partial charge in [-0.2, -0.15) is 0 Å². The minimum absolute atomic E-state index is 0.0454. The van der Waals surface area contributed by atoms with Crippen molar-refractivity contribution in [1.29, 1.82) is 0 Å². The van der Waals surface area contributed by atoms with Gasteiger partial charge in [0.05, 0.1) is 17.5 Å². The highest BCUT2D eigenvalue weighted by Crippen LogP contribution is 2.27. The van der Waals surface area contributed by atoms with Crippen molar-refractivity contribution in [2.45, 2.75) is 104 Å². The topological polar surface area (TPSA) is 32.8 Å². The molecule has 2 aromatic carbocycles. The molecular weight excluding hydrogens is 536 g/mol. The van der Waals surface area contributed by atoms with Gasteiger partial charge in [0, 0.05) is 31.9 Å². The number of benzene rings is 2. The van der Waals surface area contributed by atoms with E-state index in [0.717, 1.165) is 42.3 Å². The van der Waals surface area contributed by atoms with Crippen molar-refractivity contribution in [2.75, 3.05) is 23.9 Å². The molecule has 0 unspecified atom stereocenters. The summed E-state index contributed by atoms with van der Waals surface area (Å²) in [6.07, 6.45) is 18.8. The maximum Gasteiger partial charge on any atom is 0.223 e. The fourth-order valence-corrected chi connectivity index (χ4v) is 5.96. The Bertz CT molecular complexity index is 1030. The van der Waals surface area contributed by atoms with E-state index in [1.807, 2.05) is 23.1 Å². The second kappa shape index (κ2) is 19.1. The lowest BCUT2D eigenvalue weighted by molar-refractivity contribution is -0.116. The molecule has 1 aliphatic rings. The minimum Gasteiger partial charge on any atom is -0.492 e. The van der Waals surface area contributed by atoms with Crippen LogP contribution in [0.25, 0.3) is 0 Å². The molecular formula is C34H49ClN2O2S. The van der Waals surface area contributed by atoms with Gasteiger partial charge in [0.25, 0.3) is 0 Å².